The van der Waals surface area contributed by atoms with Crippen molar-refractivity contribution >= 4 is 11.6 Å². The van der Waals surface area contributed by atoms with Crippen LogP contribution < -0.4 is 24.3 Å². The number of amides is 1. The number of pyridine rings is 1. The van der Waals surface area contributed by atoms with Crippen molar-refractivity contribution in [1.29, 1.82) is 0 Å². The van der Waals surface area contributed by atoms with Crippen LogP contribution in [0.1, 0.15) is 27.0 Å². The van der Waals surface area contributed by atoms with Gasteiger partial charge in [-0.25, -0.2) is 4.98 Å². The van der Waals surface area contributed by atoms with Gasteiger partial charge in [-0.15, -0.1) is 0 Å². The lowest BCUT2D eigenvalue weighted by Crippen LogP contribution is -2.13. The number of hydrogen-bond acceptors (Lipinski definition) is 6. The Hall–Kier alpha value is -3.74. The second-order valence-electron chi connectivity index (χ2n) is 7.08. The summed E-state index contributed by atoms with van der Waals surface area (Å²) in [5, 5.41) is 2.81. The van der Waals surface area contributed by atoms with Crippen LogP contribution in [0.4, 0.5) is 5.69 Å². The van der Waals surface area contributed by atoms with Gasteiger partial charge in [0.2, 0.25) is 11.6 Å². The minimum atomic E-state index is -0.333. The molecule has 0 unspecified atom stereocenters. The van der Waals surface area contributed by atoms with Crippen molar-refractivity contribution < 1.29 is 23.7 Å². The number of benzene rings is 2. The molecule has 1 heterocycles. The van der Waals surface area contributed by atoms with E-state index >= 15 is 0 Å². The molecule has 7 nitrogen and oxygen atoms in total. The number of rotatable bonds is 7. The van der Waals surface area contributed by atoms with Crippen LogP contribution in [0.2, 0.25) is 0 Å². The maximum atomic E-state index is 12.7. The summed E-state index contributed by atoms with van der Waals surface area (Å²) < 4.78 is 21.9. The van der Waals surface area contributed by atoms with Crippen LogP contribution in [0.25, 0.3) is 0 Å². The lowest BCUT2D eigenvalue weighted by molar-refractivity contribution is 0.102. The van der Waals surface area contributed by atoms with Crippen LogP contribution in [0.15, 0.2) is 42.6 Å². The van der Waals surface area contributed by atoms with Gasteiger partial charge in [-0.2, -0.15) is 0 Å². The second-order valence-corrected chi connectivity index (χ2v) is 7.08. The van der Waals surface area contributed by atoms with Gasteiger partial charge >= 0.3 is 0 Å². The van der Waals surface area contributed by atoms with Crippen LogP contribution >= 0.6 is 0 Å². The van der Waals surface area contributed by atoms with Crippen LogP contribution in [-0.4, -0.2) is 32.2 Å². The lowest BCUT2D eigenvalue weighted by atomic mass is 10.1. The molecule has 0 bridgehead atoms. The summed E-state index contributed by atoms with van der Waals surface area (Å²) in [6, 6.07) is 10.7. The molecule has 0 spiro atoms. The topological polar surface area (TPSA) is 78.9 Å². The number of methoxy groups -OCH3 is 3. The van der Waals surface area contributed by atoms with Crippen molar-refractivity contribution in [3.8, 4) is 28.9 Å². The number of aryl methyl sites for hydroxylation is 3. The number of carbonyl (C=O) groups is 1. The number of nitrogens with zero attached hydrogens (tertiary/aromatic N) is 1. The molecule has 1 aromatic heterocycles. The molecule has 0 fully saturated rings. The Morgan fingerprint density at radius 1 is 0.839 bits per heavy atom. The molecule has 1 N–H and O–H groups in total. The fourth-order valence-corrected chi connectivity index (χ4v) is 3.36. The summed E-state index contributed by atoms with van der Waals surface area (Å²) in [5.74, 6) is 2.12. The summed E-state index contributed by atoms with van der Waals surface area (Å²) in [6.07, 6.45) is 1.55. The summed E-state index contributed by atoms with van der Waals surface area (Å²) in [4.78, 5) is 17.0. The van der Waals surface area contributed by atoms with E-state index in [1.807, 2.05) is 20.8 Å². The largest absolute Gasteiger partial charge is 0.493 e. The second kappa shape index (κ2) is 9.38. The van der Waals surface area contributed by atoms with Gasteiger partial charge in [-0.1, -0.05) is 17.7 Å². The number of ether oxygens (including phenoxy) is 4. The molecule has 3 rings (SSSR count). The number of nitrogens with one attached hydrogen (secondary N) is 1. The highest BCUT2D eigenvalue weighted by Gasteiger charge is 2.17. The van der Waals surface area contributed by atoms with Crippen molar-refractivity contribution in [3.63, 3.8) is 0 Å². The third-order valence-electron chi connectivity index (χ3n) is 4.73. The van der Waals surface area contributed by atoms with Gasteiger partial charge in [-0.3, -0.25) is 4.79 Å². The van der Waals surface area contributed by atoms with E-state index in [1.54, 1.807) is 30.5 Å². The Morgan fingerprint density at radius 2 is 1.45 bits per heavy atom. The molecular formula is C24H26N2O5. The van der Waals surface area contributed by atoms with Gasteiger partial charge in [0.1, 0.15) is 5.75 Å². The molecule has 0 aliphatic heterocycles. The van der Waals surface area contributed by atoms with Gasteiger partial charge < -0.3 is 24.3 Å². The SMILES string of the molecule is COc1cc(C(=O)Nc2ccc(Oc3c(C)cc(C)cc3C)nc2)cc(OC)c1OC. The highest BCUT2D eigenvalue weighted by Crippen LogP contribution is 2.38. The lowest BCUT2D eigenvalue weighted by Gasteiger charge is -2.14. The molecule has 0 saturated heterocycles. The van der Waals surface area contributed by atoms with E-state index < -0.39 is 0 Å². The van der Waals surface area contributed by atoms with E-state index in [0.29, 0.717) is 34.4 Å². The minimum absolute atomic E-state index is 0.333. The van der Waals surface area contributed by atoms with Crippen LogP contribution in [0, 0.1) is 20.8 Å². The fourth-order valence-electron chi connectivity index (χ4n) is 3.36. The van der Waals surface area contributed by atoms with Crippen LogP contribution in [0.3, 0.4) is 0 Å². The molecule has 1 amide bonds. The van der Waals surface area contributed by atoms with E-state index in [9.17, 15) is 4.79 Å². The third kappa shape index (κ3) is 4.88. The number of carbonyl (C=O) groups excluding carboxylic acids is 1. The molecule has 0 atom stereocenters. The fraction of sp³-hybridized carbons (Fsp3) is 0.250. The van der Waals surface area contributed by atoms with Crippen molar-refractivity contribution in [2.45, 2.75) is 20.8 Å². The monoisotopic (exact) mass is 422 g/mol. The Balaban J connectivity index is 1.76. The van der Waals surface area contributed by atoms with Gasteiger partial charge in [0.15, 0.2) is 11.5 Å². The first-order valence-corrected chi connectivity index (χ1v) is 9.69. The van der Waals surface area contributed by atoms with Crippen molar-refractivity contribution in [1.82, 2.24) is 4.98 Å². The number of anilines is 1. The molecule has 3 aromatic rings. The molecule has 162 valence electrons. The number of hydrogen-bond donors (Lipinski definition) is 1. The smallest absolute Gasteiger partial charge is 0.255 e. The van der Waals surface area contributed by atoms with E-state index in [-0.39, 0.29) is 5.91 Å². The zero-order chi connectivity index (χ0) is 22.5. The molecule has 0 saturated carbocycles. The Labute approximate surface area is 181 Å². The first-order valence-electron chi connectivity index (χ1n) is 9.69. The van der Waals surface area contributed by atoms with Gasteiger partial charge in [-0.05, 0) is 50.1 Å². The third-order valence-corrected chi connectivity index (χ3v) is 4.73. The van der Waals surface area contributed by atoms with E-state index in [2.05, 4.69) is 22.4 Å². The standard InChI is InChI=1S/C24H26N2O5/c1-14-9-15(2)22(16(3)10-14)31-21-8-7-18(13-25-21)26-24(27)17-11-19(28-4)23(30-6)20(12-17)29-5/h7-13H,1-6H3,(H,26,27). The Bertz CT molecular complexity index is 1050. The average Bonchev–Trinajstić information content (AvgIpc) is 2.76. The summed E-state index contributed by atoms with van der Waals surface area (Å²) in [6.45, 7) is 6.05. The quantitative estimate of drug-likeness (QED) is 0.572. The maximum absolute atomic E-state index is 12.7. The summed E-state index contributed by atoms with van der Waals surface area (Å²) in [5.41, 5.74) is 4.16. The van der Waals surface area contributed by atoms with Crippen molar-refractivity contribution in [2.75, 3.05) is 26.6 Å². The minimum Gasteiger partial charge on any atom is -0.493 e. The van der Waals surface area contributed by atoms with Crippen LogP contribution in [-0.2, 0) is 0 Å². The first-order chi connectivity index (χ1) is 14.9. The van der Waals surface area contributed by atoms with Crippen LogP contribution in [0.5, 0.6) is 28.9 Å². The molecule has 2 aromatic carbocycles. The highest BCUT2D eigenvalue weighted by molar-refractivity contribution is 6.05. The van der Waals surface area contributed by atoms with Gasteiger partial charge in [0.25, 0.3) is 5.91 Å². The zero-order valence-electron chi connectivity index (χ0n) is 18.5. The van der Waals surface area contributed by atoms with Gasteiger partial charge in [0, 0.05) is 11.6 Å². The maximum Gasteiger partial charge on any atom is 0.255 e. The predicted octanol–water partition coefficient (Wildman–Crippen LogP) is 5.08. The Morgan fingerprint density at radius 3 is 1.94 bits per heavy atom. The normalized spacial score (nSPS) is 10.4. The molecule has 7 heteroatoms. The van der Waals surface area contributed by atoms with Crippen molar-refractivity contribution in [2.24, 2.45) is 0 Å². The van der Waals surface area contributed by atoms with E-state index in [1.165, 1.54) is 26.9 Å². The van der Waals surface area contributed by atoms with E-state index in [0.717, 1.165) is 16.9 Å². The van der Waals surface area contributed by atoms with E-state index in [4.69, 9.17) is 18.9 Å². The first kappa shape index (κ1) is 22.0. The average molecular weight is 422 g/mol. The van der Waals surface area contributed by atoms with Gasteiger partial charge in [0.05, 0.1) is 33.2 Å². The van der Waals surface area contributed by atoms with Crippen molar-refractivity contribution in [3.05, 3.63) is 64.8 Å². The molecule has 31 heavy (non-hydrogen) atoms. The zero-order valence-corrected chi connectivity index (χ0v) is 18.5. The molecule has 0 radical (unpaired) electrons. The molecule has 0 aliphatic carbocycles. The summed E-state index contributed by atoms with van der Waals surface area (Å²) in [7, 11) is 4.51. The Kier molecular flexibility index (Phi) is 6.65. The summed E-state index contributed by atoms with van der Waals surface area (Å²) >= 11 is 0. The highest BCUT2D eigenvalue weighted by atomic mass is 16.5. The predicted molar refractivity (Wildman–Crippen MR) is 119 cm³/mol. The molecular weight excluding hydrogens is 396 g/mol. The number of aromatic nitrogens is 1. The molecule has 0 aliphatic rings.